The van der Waals surface area contributed by atoms with Crippen molar-refractivity contribution in [2.24, 2.45) is 0 Å². The van der Waals surface area contributed by atoms with Gasteiger partial charge in [-0.2, -0.15) is 0 Å². The van der Waals surface area contributed by atoms with E-state index in [0.717, 1.165) is 4.88 Å². The smallest absolute Gasteiger partial charge is 0.311 e. The molecule has 0 radical (unpaired) electrons. The van der Waals surface area contributed by atoms with Gasteiger partial charge in [-0.3, -0.25) is 14.9 Å². The first-order valence-corrected chi connectivity index (χ1v) is 7.55. The van der Waals surface area contributed by atoms with E-state index >= 15 is 0 Å². The molecule has 2 rings (SSSR count). The van der Waals surface area contributed by atoms with Crippen LogP contribution in [0.15, 0.2) is 35.7 Å². The molecule has 1 amide bonds. The molecule has 0 saturated heterocycles. The minimum Gasteiger partial charge on any atom is -0.502 e. The molecule has 1 aromatic heterocycles. The number of hydrogen-bond donors (Lipinski definition) is 1. The second-order valence-corrected chi connectivity index (χ2v) is 6.01. The molecule has 1 heterocycles. The van der Waals surface area contributed by atoms with Crippen LogP contribution in [0.2, 0.25) is 0 Å². The van der Waals surface area contributed by atoms with E-state index in [1.54, 1.807) is 18.4 Å². The van der Waals surface area contributed by atoms with Crippen molar-refractivity contribution < 1.29 is 14.8 Å². The number of amides is 1. The summed E-state index contributed by atoms with van der Waals surface area (Å²) in [6.07, 6.45) is 0.690. The minimum atomic E-state index is -0.707. The average Bonchev–Trinajstić information content (AvgIpc) is 2.98. The number of nitro groups is 1. The molecule has 0 unspecified atom stereocenters. The van der Waals surface area contributed by atoms with Gasteiger partial charge in [-0.1, -0.05) is 12.1 Å². The Bertz CT molecular complexity index is 685. The zero-order valence-electron chi connectivity index (χ0n) is 12.2. The molecule has 1 atom stereocenters. The lowest BCUT2D eigenvalue weighted by atomic mass is 10.1. The summed E-state index contributed by atoms with van der Waals surface area (Å²) in [5, 5.41) is 22.7. The molecule has 7 heteroatoms. The summed E-state index contributed by atoms with van der Waals surface area (Å²) < 4.78 is 0. The van der Waals surface area contributed by atoms with Crippen molar-refractivity contribution in [3.63, 3.8) is 0 Å². The molecule has 0 aliphatic rings. The molecule has 0 aliphatic carbocycles. The van der Waals surface area contributed by atoms with E-state index < -0.39 is 22.3 Å². The summed E-state index contributed by atoms with van der Waals surface area (Å²) in [4.78, 5) is 25.2. The molecule has 1 N–H and O–H groups in total. The first-order chi connectivity index (χ1) is 10.4. The number of hydrogen-bond acceptors (Lipinski definition) is 5. The number of phenolic OH excluding ortho intramolecular Hbond substituents is 1. The van der Waals surface area contributed by atoms with Crippen LogP contribution < -0.4 is 0 Å². The van der Waals surface area contributed by atoms with E-state index in [-0.39, 0.29) is 11.6 Å². The molecule has 0 aliphatic heterocycles. The van der Waals surface area contributed by atoms with Crippen molar-refractivity contribution in [3.05, 3.63) is 56.3 Å². The summed E-state index contributed by atoms with van der Waals surface area (Å²) in [6.45, 7) is 1.89. The van der Waals surface area contributed by atoms with Gasteiger partial charge in [0.1, 0.15) is 0 Å². The van der Waals surface area contributed by atoms with Gasteiger partial charge in [0, 0.05) is 30.5 Å². The van der Waals surface area contributed by atoms with Gasteiger partial charge in [-0.15, -0.1) is 11.3 Å². The van der Waals surface area contributed by atoms with E-state index in [2.05, 4.69) is 0 Å². The van der Waals surface area contributed by atoms with E-state index in [0.29, 0.717) is 6.42 Å². The number of para-hydroxylation sites is 1. The summed E-state index contributed by atoms with van der Waals surface area (Å²) in [5.41, 5.74) is -0.528. The van der Waals surface area contributed by atoms with Crippen LogP contribution in [0, 0.1) is 10.1 Å². The quantitative estimate of drug-likeness (QED) is 0.678. The van der Waals surface area contributed by atoms with Crippen LogP contribution in [-0.4, -0.2) is 33.9 Å². The predicted octanol–water partition coefficient (Wildman–Crippen LogP) is 3.07. The van der Waals surface area contributed by atoms with Crippen molar-refractivity contribution in [3.8, 4) is 5.75 Å². The van der Waals surface area contributed by atoms with Crippen LogP contribution in [0.25, 0.3) is 0 Å². The zero-order valence-corrected chi connectivity index (χ0v) is 13.0. The Kier molecular flexibility index (Phi) is 4.77. The average molecular weight is 320 g/mol. The van der Waals surface area contributed by atoms with Crippen LogP contribution in [0.5, 0.6) is 5.75 Å². The molecular weight excluding hydrogens is 304 g/mol. The Morgan fingerprint density at radius 2 is 2.14 bits per heavy atom. The van der Waals surface area contributed by atoms with Crippen molar-refractivity contribution >= 4 is 22.9 Å². The lowest BCUT2D eigenvalue weighted by molar-refractivity contribution is -0.385. The van der Waals surface area contributed by atoms with Crippen molar-refractivity contribution in [1.29, 1.82) is 0 Å². The summed E-state index contributed by atoms with van der Waals surface area (Å²) in [7, 11) is 1.62. The largest absolute Gasteiger partial charge is 0.502 e. The Morgan fingerprint density at radius 1 is 1.41 bits per heavy atom. The molecule has 0 bridgehead atoms. The highest BCUT2D eigenvalue weighted by Gasteiger charge is 2.25. The van der Waals surface area contributed by atoms with E-state index in [1.165, 1.54) is 23.1 Å². The summed E-state index contributed by atoms with van der Waals surface area (Å²) in [6, 6.07) is 7.79. The Hall–Kier alpha value is -2.41. The fourth-order valence-corrected chi connectivity index (χ4v) is 2.92. The highest BCUT2D eigenvalue weighted by molar-refractivity contribution is 7.09. The first kappa shape index (κ1) is 16.0. The second kappa shape index (κ2) is 6.57. The Morgan fingerprint density at radius 3 is 2.73 bits per heavy atom. The number of rotatable bonds is 5. The number of carbonyl (C=O) groups excluding carboxylic acids is 1. The van der Waals surface area contributed by atoms with Crippen LogP contribution in [0.1, 0.15) is 22.2 Å². The number of nitrogens with zero attached hydrogens (tertiary/aromatic N) is 2. The normalized spacial score (nSPS) is 11.9. The number of thiophene rings is 1. The third-order valence-corrected chi connectivity index (χ3v) is 4.40. The molecule has 6 nitrogen and oxygen atoms in total. The van der Waals surface area contributed by atoms with Crippen LogP contribution in [0.3, 0.4) is 0 Å². The third-order valence-electron chi connectivity index (χ3n) is 3.50. The first-order valence-electron chi connectivity index (χ1n) is 6.67. The molecule has 0 fully saturated rings. The van der Waals surface area contributed by atoms with Crippen molar-refractivity contribution in [1.82, 2.24) is 4.90 Å². The van der Waals surface area contributed by atoms with E-state index in [9.17, 15) is 20.0 Å². The fourth-order valence-electron chi connectivity index (χ4n) is 2.10. The zero-order chi connectivity index (χ0) is 16.3. The SMILES string of the molecule is C[C@H](Cc1cccs1)N(C)C(=O)c1cccc([N+](=O)[O-])c1O. The summed E-state index contributed by atoms with van der Waals surface area (Å²) >= 11 is 1.61. The standard InChI is InChI=1S/C15H16N2O4S/c1-10(9-11-5-4-8-22-11)16(2)15(19)12-6-3-7-13(14(12)18)17(20)21/h3-8,10,18H,9H2,1-2H3/t10-/m1/s1. The number of likely N-dealkylation sites (N-methyl/N-ethyl adjacent to an activating group) is 1. The lowest BCUT2D eigenvalue weighted by Crippen LogP contribution is -2.36. The number of nitro benzene ring substituents is 1. The van der Waals surface area contributed by atoms with Gasteiger partial charge in [0.25, 0.3) is 5.91 Å². The second-order valence-electron chi connectivity index (χ2n) is 4.98. The van der Waals surface area contributed by atoms with E-state index in [1.807, 2.05) is 24.4 Å². The molecule has 116 valence electrons. The third kappa shape index (κ3) is 3.25. The molecule has 1 aromatic carbocycles. The maximum Gasteiger partial charge on any atom is 0.311 e. The number of carbonyl (C=O) groups is 1. The monoisotopic (exact) mass is 320 g/mol. The minimum absolute atomic E-state index is 0.0604. The molecule has 2 aromatic rings. The van der Waals surface area contributed by atoms with Crippen molar-refractivity contribution in [2.45, 2.75) is 19.4 Å². The topological polar surface area (TPSA) is 83.7 Å². The van der Waals surface area contributed by atoms with Gasteiger partial charge in [0.05, 0.1) is 10.5 Å². The number of benzene rings is 1. The van der Waals surface area contributed by atoms with Gasteiger partial charge in [0.15, 0.2) is 0 Å². The maximum atomic E-state index is 12.5. The van der Waals surface area contributed by atoms with Gasteiger partial charge >= 0.3 is 5.69 Å². The highest BCUT2D eigenvalue weighted by atomic mass is 32.1. The van der Waals surface area contributed by atoms with Crippen molar-refractivity contribution in [2.75, 3.05) is 7.05 Å². The maximum absolute atomic E-state index is 12.5. The molecular formula is C15H16N2O4S. The van der Waals surface area contributed by atoms with Gasteiger partial charge in [-0.25, -0.2) is 0 Å². The van der Waals surface area contributed by atoms with Crippen LogP contribution >= 0.6 is 11.3 Å². The van der Waals surface area contributed by atoms with Gasteiger partial charge in [-0.05, 0) is 24.4 Å². The fraction of sp³-hybridized carbons (Fsp3) is 0.267. The number of aromatic hydroxyl groups is 1. The van der Waals surface area contributed by atoms with Crippen LogP contribution in [0.4, 0.5) is 5.69 Å². The summed E-state index contributed by atoms with van der Waals surface area (Å²) in [5.74, 6) is -1.03. The van der Waals surface area contributed by atoms with Gasteiger partial charge in [0.2, 0.25) is 5.75 Å². The van der Waals surface area contributed by atoms with Gasteiger partial charge < -0.3 is 10.0 Å². The predicted molar refractivity (Wildman–Crippen MR) is 84.3 cm³/mol. The molecule has 22 heavy (non-hydrogen) atoms. The molecule has 0 saturated carbocycles. The lowest BCUT2D eigenvalue weighted by Gasteiger charge is -2.25. The number of phenols is 1. The Balaban J connectivity index is 2.20. The molecule has 0 spiro atoms. The Labute approximate surface area is 131 Å². The van der Waals surface area contributed by atoms with E-state index in [4.69, 9.17) is 0 Å². The van der Waals surface area contributed by atoms with Crippen LogP contribution in [-0.2, 0) is 6.42 Å². The highest BCUT2D eigenvalue weighted by Crippen LogP contribution is 2.30.